The third-order valence-corrected chi connectivity index (χ3v) is 5.31. The minimum absolute atomic E-state index is 0.0972. The van der Waals surface area contributed by atoms with Gasteiger partial charge < -0.3 is 10.4 Å². The van der Waals surface area contributed by atoms with Crippen LogP contribution in [-0.4, -0.2) is 15.1 Å². The van der Waals surface area contributed by atoms with Crippen molar-refractivity contribution in [2.75, 3.05) is 5.32 Å². The molecule has 0 radical (unpaired) electrons. The lowest BCUT2D eigenvalue weighted by atomic mass is 9.94. The second kappa shape index (κ2) is 8.24. The number of rotatable bonds is 4. The predicted molar refractivity (Wildman–Crippen MR) is 115 cm³/mol. The highest BCUT2D eigenvalue weighted by molar-refractivity contribution is 6.31. The third-order valence-electron chi connectivity index (χ3n) is 4.74. The largest absolute Gasteiger partial charge is 0.505 e. The first-order valence-corrected chi connectivity index (χ1v) is 9.81. The fourth-order valence-corrected chi connectivity index (χ4v) is 3.59. The number of hydrogen-bond acceptors (Lipinski definition) is 4. The van der Waals surface area contributed by atoms with Crippen molar-refractivity contribution < 1.29 is 18.3 Å². The van der Waals surface area contributed by atoms with E-state index in [1.807, 2.05) is 0 Å². The van der Waals surface area contributed by atoms with Crippen LogP contribution in [0.2, 0.25) is 10.0 Å². The van der Waals surface area contributed by atoms with E-state index in [4.69, 9.17) is 23.2 Å². The Bertz CT molecular complexity index is 1250. The van der Waals surface area contributed by atoms with E-state index in [9.17, 15) is 18.3 Å². The number of halogens is 5. The second-order valence-electron chi connectivity index (χ2n) is 6.75. The Hall–Kier alpha value is -3.03. The number of hydrogen-bond donors (Lipinski definition) is 2. The second-order valence-corrected chi connectivity index (χ2v) is 7.60. The zero-order valence-electron chi connectivity index (χ0n) is 15.7. The first kappa shape index (κ1) is 21.2. The Morgan fingerprint density at radius 1 is 0.935 bits per heavy atom. The molecule has 4 nitrogen and oxygen atoms in total. The van der Waals surface area contributed by atoms with Gasteiger partial charge in [0, 0.05) is 28.4 Å². The number of aromatic hydroxyl groups is 1. The molecule has 0 fully saturated rings. The monoisotopic (exact) mass is 463 g/mol. The number of phenolic OH excluding ortho intramolecular Hbond substituents is 1. The zero-order valence-corrected chi connectivity index (χ0v) is 17.2. The SMILES string of the molecule is Oc1c(C(Nc2ccc(Cl)cn2)c2cc(C(F)(F)F)ccc2Cl)ccc2cccnc12. The average molecular weight is 464 g/mol. The molecule has 1 unspecified atom stereocenters. The van der Waals surface area contributed by atoms with E-state index in [2.05, 4.69) is 15.3 Å². The molecule has 4 rings (SSSR count). The van der Waals surface area contributed by atoms with Crippen LogP contribution in [0.15, 0.2) is 67.0 Å². The highest BCUT2D eigenvalue weighted by Crippen LogP contribution is 2.40. The van der Waals surface area contributed by atoms with Crippen LogP contribution in [0.5, 0.6) is 5.75 Å². The number of pyridine rings is 2. The maximum Gasteiger partial charge on any atom is 0.416 e. The number of alkyl halides is 3. The molecule has 1 atom stereocenters. The maximum atomic E-state index is 13.4. The molecule has 0 spiro atoms. The van der Waals surface area contributed by atoms with Crippen molar-refractivity contribution in [2.45, 2.75) is 12.2 Å². The van der Waals surface area contributed by atoms with Crippen LogP contribution >= 0.6 is 23.2 Å². The summed E-state index contributed by atoms with van der Waals surface area (Å²) in [5.74, 6) is 0.168. The third kappa shape index (κ3) is 4.38. The summed E-state index contributed by atoms with van der Waals surface area (Å²) in [6, 6.07) is 12.1. The van der Waals surface area contributed by atoms with Crippen LogP contribution in [0.4, 0.5) is 19.0 Å². The maximum absolute atomic E-state index is 13.4. The molecule has 9 heteroatoms. The Balaban J connectivity index is 1.91. The number of anilines is 1. The van der Waals surface area contributed by atoms with Crippen LogP contribution in [0, 0.1) is 0 Å². The molecular formula is C22H14Cl2F3N3O. The lowest BCUT2D eigenvalue weighted by molar-refractivity contribution is -0.137. The molecule has 4 aromatic rings. The van der Waals surface area contributed by atoms with Gasteiger partial charge in [0.25, 0.3) is 0 Å². The summed E-state index contributed by atoms with van der Waals surface area (Å²) in [6.45, 7) is 0. The molecule has 0 aliphatic rings. The minimum atomic E-state index is -4.56. The highest BCUT2D eigenvalue weighted by Gasteiger charge is 2.32. The standard InChI is InChI=1S/C22H14Cl2F3N3O/c23-14-5-8-18(29-11-14)30-20(16-10-13(22(25,26)27)4-7-17(16)24)15-6-3-12-2-1-9-28-19(12)21(15)31/h1-11,20,31H,(H,29,30). The van der Waals surface area contributed by atoms with Gasteiger partial charge >= 0.3 is 6.18 Å². The van der Waals surface area contributed by atoms with E-state index >= 15 is 0 Å². The summed E-state index contributed by atoms with van der Waals surface area (Å²) >= 11 is 12.2. The van der Waals surface area contributed by atoms with Gasteiger partial charge in [-0.05, 0) is 42.0 Å². The van der Waals surface area contributed by atoms with Crippen LogP contribution in [-0.2, 0) is 6.18 Å². The molecule has 2 N–H and O–H groups in total. The lowest BCUT2D eigenvalue weighted by Crippen LogP contribution is -2.16. The Morgan fingerprint density at radius 2 is 1.74 bits per heavy atom. The molecular weight excluding hydrogens is 450 g/mol. The van der Waals surface area contributed by atoms with E-state index < -0.39 is 17.8 Å². The fourth-order valence-electron chi connectivity index (χ4n) is 3.25. The first-order chi connectivity index (χ1) is 14.7. The van der Waals surface area contributed by atoms with Gasteiger partial charge in [0.05, 0.1) is 16.6 Å². The summed E-state index contributed by atoms with van der Waals surface area (Å²) in [5, 5.41) is 15.1. The Labute approximate surface area is 185 Å². The van der Waals surface area contributed by atoms with Crippen LogP contribution in [0.1, 0.15) is 22.7 Å². The minimum Gasteiger partial charge on any atom is -0.505 e. The molecule has 0 amide bonds. The molecule has 0 aliphatic carbocycles. The molecule has 0 saturated heterocycles. The van der Waals surface area contributed by atoms with Gasteiger partial charge in [-0.25, -0.2) is 4.98 Å². The van der Waals surface area contributed by atoms with E-state index in [0.29, 0.717) is 27.3 Å². The number of nitrogens with zero attached hydrogens (tertiary/aromatic N) is 2. The summed E-state index contributed by atoms with van der Waals surface area (Å²) in [4.78, 5) is 8.35. The van der Waals surface area contributed by atoms with Crippen molar-refractivity contribution in [3.63, 3.8) is 0 Å². The predicted octanol–water partition coefficient (Wildman–Crippen LogP) is 6.86. The molecule has 31 heavy (non-hydrogen) atoms. The van der Waals surface area contributed by atoms with Gasteiger partial charge in [0.15, 0.2) is 0 Å². The smallest absolute Gasteiger partial charge is 0.416 e. The highest BCUT2D eigenvalue weighted by atomic mass is 35.5. The Morgan fingerprint density at radius 3 is 2.45 bits per heavy atom. The van der Waals surface area contributed by atoms with Gasteiger partial charge in [-0.15, -0.1) is 0 Å². The molecule has 158 valence electrons. The molecule has 2 aromatic carbocycles. The number of aromatic nitrogens is 2. The van der Waals surface area contributed by atoms with Crippen molar-refractivity contribution in [3.8, 4) is 5.75 Å². The van der Waals surface area contributed by atoms with Crippen molar-refractivity contribution in [3.05, 3.63) is 93.7 Å². The number of fused-ring (bicyclic) bond motifs is 1. The van der Waals surface area contributed by atoms with Gasteiger partial charge in [-0.1, -0.05) is 41.4 Å². The van der Waals surface area contributed by atoms with Crippen molar-refractivity contribution in [1.82, 2.24) is 9.97 Å². The topological polar surface area (TPSA) is 58.0 Å². The van der Waals surface area contributed by atoms with Crippen molar-refractivity contribution in [1.29, 1.82) is 0 Å². The van der Waals surface area contributed by atoms with Crippen molar-refractivity contribution >= 4 is 39.9 Å². The van der Waals surface area contributed by atoms with Crippen LogP contribution < -0.4 is 5.32 Å². The van der Waals surface area contributed by atoms with E-state index in [1.165, 1.54) is 18.5 Å². The number of benzene rings is 2. The summed E-state index contributed by atoms with van der Waals surface area (Å²) in [7, 11) is 0. The first-order valence-electron chi connectivity index (χ1n) is 9.05. The summed E-state index contributed by atoms with van der Waals surface area (Å²) < 4.78 is 40.1. The quantitative estimate of drug-likeness (QED) is 0.346. The molecule has 2 heterocycles. The van der Waals surface area contributed by atoms with Gasteiger partial charge in [-0.3, -0.25) is 4.98 Å². The van der Waals surface area contributed by atoms with Crippen LogP contribution in [0.3, 0.4) is 0 Å². The van der Waals surface area contributed by atoms with Crippen LogP contribution in [0.25, 0.3) is 10.9 Å². The molecule has 2 aromatic heterocycles. The number of nitrogens with one attached hydrogen (secondary N) is 1. The number of phenols is 1. The van der Waals surface area contributed by atoms with Crippen molar-refractivity contribution in [2.24, 2.45) is 0 Å². The van der Waals surface area contributed by atoms with Gasteiger partial charge in [0.2, 0.25) is 0 Å². The molecule has 0 bridgehead atoms. The molecule has 0 saturated carbocycles. The van der Waals surface area contributed by atoms with E-state index in [-0.39, 0.29) is 16.3 Å². The summed E-state index contributed by atoms with van der Waals surface area (Å²) in [6.07, 6.45) is -1.64. The molecule has 0 aliphatic heterocycles. The van der Waals surface area contributed by atoms with Gasteiger partial charge in [0.1, 0.15) is 17.1 Å². The normalized spacial score (nSPS) is 12.7. The lowest BCUT2D eigenvalue weighted by Gasteiger charge is -2.24. The summed E-state index contributed by atoms with van der Waals surface area (Å²) in [5.41, 5.74) is -0.122. The Kier molecular flexibility index (Phi) is 5.64. The van der Waals surface area contributed by atoms with E-state index in [1.54, 1.807) is 36.4 Å². The zero-order chi connectivity index (χ0) is 22.2. The fraction of sp³-hybridized carbons (Fsp3) is 0.0909. The van der Waals surface area contributed by atoms with Gasteiger partial charge in [-0.2, -0.15) is 13.2 Å². The van der Waals surface area contributed by atoms with E-state index in [0.717, 1.165) is 12.1 Å². The average Bonchev–Trinajstić information content (AvgIpc) is 2.74.